The zero-order chi connectivity index (χ0) is 15.8. The highest BCUT2D eigenvalue weighted by Gasteiger charge is 2.17. The second-order valence-electron chi connectivity index (χ2n) is 6.06. The first kappa shape index (κ1) is 12.5. The smallest absolute Gasteiger partial charge is 0.215 e. The summed E-state index contributed by atoms with van der Waals surface area (Å²) in [6, 6.07) is 17.0. The Labute approximate surface area is 140 Å². The van der Waals surface area contributed by atoms with E-state index in [2.05, 4.69) is 63.5 Å². The molecule has 4 aromatic heterocycles. The molecule has 0 N–H and O–H groups in total. The van der Waals surface area contributed by atoms with E-state index < -0.39 is 0 Å². The molecule has 6 rings (SSSR count). The molecule has 0 saturated carbocycles. The summed E-state index contributed by atoms with van der Waals surface area (Å²) in [5, 5.41) is 2.41. The fraction of sp³-hybridized carbons (Fsp3) is 0.0526. The summed E-state index contributed by atoms with van der Waals surface area (Å²) in [5.41, 5.74) is 4.59. The van der Waals surface area contributed by atoms with E-state index in [9.17, 15) is 0 Å². The molecule has 0 saturated heterocycles. The molecule has 114 valence electrons. The average Bonchev–Trinajstić information content (AvgIpc) is 3.25. The summed E-state index contributed by atoms with van der Waals surface area (Å²) in [6.07, 6.45) is 1.85. The zero-order valence-corrected chi connectivity index (χ0v) is 13.7. The van der Waals surface area contributed by atoms with Crippen molar-refractivity contribution in [3.05, 3.63) is 54.7 Å². The molecule has 5 heteroatoms. The minimum absolute atomic E-state index is 0.974. The van der Waals surface area contributed by atoms with E-state index in [0.29, 0.717) is 0 Å². The van der Waals surface area contributed by atoms with E-state index in [4.69, 9.17) is 4.98 Å². The van der Waals surface area contributed by atoms with Crippen LogP contribution < -0.4 is 0 Å². The quantitative estimate of drug-likeness (QED) is 0.403. The minimum Gasteiger partial charge on any atom is -0.313 e. The van der Waals surface area contributed by atoms with Crippen LogP contribution in [0.3, 0.4) is 0 Å². The van der Waals surface area contributed by atoms with E-state index in [1.165, 1.54) is 26.5 Å². The summed E-state index contributed by atoms with van der Waals surface area (Å²) in [6.45, 7) is 0. The molecule has 6 aromatic rings. The fourth-order valence-electron chi connectivity index (χ4n) is 3.73. The molecule has 0 fully saturated rings. The van der Waals surface area contributed by atoms with Crippen molar-refractivity contribution in [2.75, 3.05) is 0 Å². The van der Waals surface area contributed by atoms with E-state index in [-0.39, 0.29) is 0 Å². The van der Waals surface area contributed by atoms with Gasteiger partial charge in [0.25, 0.3) is 0 Å². The van der Waals surface area contributed by atoms with Crippen molar-refractivity contribution in [1.82, 2.24) is 18.9 Å². The lowest BCUT2D eigenvalue weighted by atomic mass is 10.1. The van der Waals surface area contributed by atoms with Gasteiger partial charge in [0.1, 0.15) is 10.3 Å². The Morgan fingerprint density at radius 2 is 1.79 bits per heavy atom. The van der Waals surface area contributed by atoms with Crippen LogP contribution in [0.5, 0.6) is 0 Å². The highest BCUT2D eigenvalue weighted by Crippen LogP contribution is 2.38. The molecule has 0 unspecified atom stereocenters. The monoisotopic (exact) mass is 328 g/mol. The second-order valence-corrected chi connectivity index (χ2v) is 7.09. The van der Waals surface area contributed by atoms with Gasteiger partial charge in [-0.15, -0.1) is 11.3 Å². The molecule has 2 aromatic carbocycles. The number of aromatic nitrogens is 4. The molecule has 0 spiro atoms. The van der Waals surface area contributed by atoms with Gasteiger partial charge >= 0.3 is 0 Å². The molecule has 0 atom stereocenters. The Morgan fingerprint density at radius 3 is 2.71 bits per heavy atom. The number of para-hydroxylation sites is 2. The van der Waals surface area contributed by atoms with E-state index in [1.54, 1.807) is 11.3 Å². The topological polar surface area (TPSA) is 35.1 Å². The Balaban J connectivity index is 1.94. The molecule has 4 heterocycles. The molecule has 24 heavy (non-hydrogen) atoms. The van der Waals surface area contributed by atoms with Gasteiger partial charge in [-0.2, -0.15) is 0 Å². The van der Waals surface area contributed by atoms with Crippen molar-refractivity contribution in [2.24, 2.45) is 7.05 Å². The van der Waals surface area contributed by atoms with Crippen LogP contribution in [-0.4, -0.2) is 18.9 Å². The summed E-state index contributed by atoms with van der Waals surface area (Å²) in [4.78, 5) is 10.6. The maximum Gasteiger partial charge on any atom is 0.215 e. The van der Waals surface area contributed by atoms with Crippen molar-refractivity contribution < 1.29 is 0 Å². The third kappa shape index (κ3) is 1.35. The van der Waals surface area contributed by atoms with Crippen molar-refractivity contribution in [3.8, 4) is 0 Å². The summed E-state index contributed by atoms with van der Waals surface area (Å²) in [5.74, 6) is 0.974. The van der Waals surface area contributed by atoms with Crippen LogP contribution >= 0.6 is 11.3 Å². The van der Waals surface area contributed by atoms with Gasteiger partial charge in [0.2, 0.25) is 5.78 Å². The number of rotatable bonds is 0. The number of hydrogen-bond acceptors (Lipinski definition) is 3. The summed E-state index contributed by atoms with van der Waals surface area (Å²) < 4.78 is 5.65. The van der Waals surface area contributed by atoms with Crippen LogP contribution in [-0.2, 0) is 7.05 Å². The molecular weight excluding hydrogens is 316 g/mol. The van der Waals surface area contributed by atoms with Gasteiger partial charge in [-0.25, -0.2) is 9.97 Å². The Morgan fingerprint density at radius 1 is 0.917 bits per heavy atom. The van der Waals surface area contributed by atoms with Crippen LogP contribution in [0.4, 0.5) is 0 Å². The third-order valence-electron chi connectivity index (χ3n) is 4.80. The lowest BCUT2D eigenvalue weighted by Crippen LogP contribution is -1.87. The zero-order valence-electron chi connectivity index (χ0n) is 12.9. The SMILES string of the molecule is Cn1c2ccccc2n2c3ccc4sc5ncccc5c4c3nc12. The van der Waals surface area contributed by atoms with Crippen LogP contribution in [0.2, 0.25) is 0 Å². The molecule has 0 aliphatic rings. The van der Waals surface area contributed by atoms with E-state index >= 15 is 0 Å². The molecule has 0 amide bonds. The van der Waals surface area contributed by atoms with Gasteiger partial charge in [-0.3, -0.25) is 4.40 Å². The molecule has 0 aliphatic carbocycles. The fourth-order valence-corrected chi connectivity index (χ4v) is 4.78. The lowest BCUT2D eigenvalue weighted by Gasteiger charge is -1.97. The highest BCUT2D eigenvalue weighted by molar-refractivity contribution is 7.25. The van der Waals surface area contributed by atoms with Crippen molar-refractivity contribution in [1.29, 1.82) is 0 Å². The van der Waals surface area contributed by atoms with Gasteiger partial charge in [0.15, 0.2) is 0 Å². The molecule has 0 bridgehead atoms. The summed E-state index contributed by atoms with van der Waals surface area (Å²) in [7, 11) is 2.08. The predicted octanol–water partition coefficient (Wildman–Crippen LogP) is 4.74. The van der Waals surface area contributed by atoms with E-state index in [0.717, 1.165) is 21.6 Å². The third-order valence-corrected chi connectivity index (χ3v) is 5.88. The minimum atomic E-state index is 0.974. The van der Waals surface area contributed by atoms with Gasteiger partial charge < -0.3 is 4.57 Å². The average molecular weight is 328 g/mol. The maximum atomic E-state index is 5.01. The highest BCUT2D eigenvalue weighted by atomic mass is 32.1. The number of aryl methyl sites for hydroxylation is 1. The largest absolute Gasteiger partial charge is 0.313 e. The number of thiophene rings is 1. The number of fused-ring (bicyclic) bond motifs is 9. The maximum absolute atomic E-state index is 5.01. The number of benzene rings is 2. The molecule has 0 radical (unpaired) electrons. The summed E-state index contributed by atoms with van der Waals surface area (Å²) >= 11 is 1.73. The molecule has 0 aliphatic heterocycles. The Hall–Kier alpha value is -2.92. The van der Waals surface area contributed by atoms with E-state index in [1.807, 2.05) is 12.3 Å². The van der Waals surface area contributed by atoms with Gasteiger partial charge in [-0.1, -0.05) is 12.1 Å². The van der Waals surface area contributed by atoms with Gasteiger partial charge in [0, 0.05) is 28.7 Å². The number of pyridine rings is 1. The van der Waals surface area contributed by atoms with Crippen LogP contribution in [0.1, 0.15) is 0 Å². The first-order valence-electron chi connectivity index (χ1n) is 7.85. The van der Waals surface area contributed by atoms with Crippen molar-refractivity contribution in [3.63, 3.8) is 0 Å². The second kappa shape index (κ2) is 4.13. The predicted molar refractivity (Wildman–Crippen MR) is 99.9 cm³/mol. The van der Waals surface area contributed by atoms with Crippen LogP contribution in [0.25, 0.3) is 48.1 Å². The van der Waals surface area contributed by atoms with Crippen LogP contribution in [0, 0.1) is 0 Å². The normalized spacial score (nSPS) is 12.4. The Kier molecular flexibility index (Phi) is 2.15. The number of nitrogens with zero attached hydrogens (tertiary/aromatic N) is 4. The standard InChI is InChI=1S/C19H12N4S/c1-22-12-6-2-3-7-13(12)23-14-8-9-15-16(17(14)21-19(22)23)11-5-4-10-20-18(11)24-15/h2-10H,1H3. The molecule has 4 nitrogen and oxygen atoms in total. The lowest BCUT2D eigenvalue weighted by molar-refractivity contribution is 0.974. The van der Waals surface area contributed by atoms with Crippen molar-refractivity contribution >= 4 is 59.5 Å². The van der Waals surface area contributed by atoms with Gasteiger partial charge in [0.05, 0.1) is 16.6 Å². The van der Waals surface area contributed by atoms with Crippen molar-refractivity contribution in [2.45, 2.75) is 0 Å². The number of imidazole rings is 2. The Bertz CT molecular complexity index is 1420. The first-order chi connectivity index (χ1) is 11.8. The first-order valence-corrected chi connectivity index (χ1v) is 8.66. The van der Waals surface area contributed by atoms with Gasteiger partial charge in [-0.05, 0) is 36.4 Å². The number of hydrogen-bond donors (Lipinski definition) is 0. The van der Waals surface area contributed by atoms with Crippen LogP contribution in [0.15, 0.2) is 54.7 Å². The molecular formula is C19H12N4S.